The third kappa shape index (κ3) is 3.44. The quantitative estimate of drug-likeness (QED) is 0.666. The Balaban J connectivity index is 2.68. The van der Waals surface area contributed by atoms with Gasteiger partial charge in [-0.05, 0) is 18.2 Å². The lowest BCUT2D eigenvalue weighted by molar-refractivity contribution is -0.143. The van der Waals surface area contributed by atoms with Crippen LogP contribution in [0, 0.1) is 0 Å². The summed E-state index contributed by atoms with van der Waals surface area (Å²) in [4.78, 5) is 23.0. The number of hydrogen-bond acceptors (Lipinski definition) is 3. The molecule has 130 valence electrons. The highest BCUT2D eigenvalue weighted by atomic mass is 19.4. The summed E-state index contributed by atoms with van der Waals surface area (Å²) in [5, 5.41) is 2.10. The molecule has 0 radical (unpaired) electrons. The molecule has 1 aromatic heterocycles. The van der Waals surface area contributed by atoms with Crippen molar-refractivity contribution in [3.63, 3.8) is 0 Å². The number of ether oxygens (including phenoxy) is 1. The first-order valence-corrected chi connectivity index (χ1v) is 6.13. The second-order valence-electron chi connectivity index (χ2n) is 4.60. The van der Waals surface area contributed by atoms with Gasteiger partial charge in [0.05, 0.1) is 23.9 Å². The predicted molar refractivity (Wildman–Crippen MR) is 67.7 cm³/mol. The summed E-state index contributed by atoms with van der Waals surface area (Å²) in [5.41, 5.74) is -5.35. The number of esters is 1. The summed E-state index contributed by atoms with van der Waals surface area (Å²) in [7, 11) is 0.990. The molecule has 2 rings (SSSR count). The van der Waals surface area contributed by atoms with Gasteiger partial charge in [0.2, 0.25) is 0 Å². The molecule has 0 unspecified atom stereocenters. The third-order valence-corrected chi connectivity index (χ3v) is 2.96. The van der Waals surface area contributed by atoms with E-state index in [-0.39, 0.29) is 6.07 Å². The van der Waals surface area contributed by atoms with E-state index in [0.717, 1.165) is 7.11 Å². The Bertz CT molecular complexity index is 799. The van der Waals surface area contributed by atoms with Crippen molar-refractivity contribution in [3.05, 3.63) is 51.4 Å². The van der Waals surface area contributed by atoms with Gasteiger partial charge in [-0.25, -0.2) is 9.48 Å². The molecule has 0 aliphatic rings. The minimum atomic E-state index is -5.06. The number of aromatic nitrogens is 2. The standard InChI is InChI=1S/C13H8F6N2O3/c1-24-11(23)9-5-10(22)21(20-9)8-3-6(12(14,15)16)2-7(4-8)13(17,18)19/h2-5,20H,1H3. The maximum Gasteiger partial charge on any atom is 0.416 e. The molecule has 1 aromatic carbocycles. The van der Waals surface area contributed by atoms with E-state index in [1.165, 1.54) is 0 Å². The number of halogens is 6. The molecule has 1 N–H and O–H groups in total. The number of rotatable bonds is 2. The molecular formula is C13H8F6N2O3. The van der Waals surface area contributed by atoms with Crippen LogP contribution in [0.25, 0.3) is 5.69 Å². The molecule has 1 heterocycles. The Morgan fingerprint density at radius 2 is 1.50 bits per heavy atom. The highest BCUT2D eigenvalue weighted by Gasteiger charge is 2.37. The molecule has 0 aliphatic heterocycles. The zero-order valence-corrected chi connectivity index (χ0v) is 11.7. The molecular weight excluding hydrogens is 346 g/mol. The second-order valence-corrected chi connectivity index (χ2v) is 4.60. The minimum Gasteiger partial charge on any atom is -0.464 e. The Kier molecular flexibility index (Phi) is 4.21. The normalized spacial score (nSPS) is 12.3. The number of carbonyl (C=O) groups is 1. The average Bonchev–Trinajstić information content (AvgIpc) is 2.86. The molecule has 24 heavy (non-hydrogen) atoms. The largest absolute Gasteiger partial charge is 0.464 e. The Morgan fingerprint density at radius 3 is 1.92 bits per heavy atom. The summed E-state index contributed by atoms with van der Waals surface area (Å²) in [6.07, 6.45) is -10.1. The predicted octanol–water partition coefficient (Wildman–Crippen LogP) is 2.99. The van der Waals surface area contributed by atoms with Crippen molar-refractivity contribution in [1.82, 2.24) is 9.78 Å². The number of nitrogens with one attached hydrogen (secondary N) is 1. The van der Waals surface area contributed by atoms with Crippen molar-refractivity contribution < 1.29 is 35.9 Å². The summed E-state index contributed by atoms with van der Waals surface area (Å²) < 4.78 is 81.5. The summed E-state index contributed by atoms with van der Waals surface area (Å²) in [5.74, 6) is -1.01. The maximum atomic E-state index is 12.8. The smallest absolute Gasteiger partial charge is 0.416 e. The maximum absolute atomic E-state index is 12.8. The van der Waals surface area contributed by atoms with Crippen molar-refractivity contribution in [2.45, 2.75) is 12.4 Å². The van der Waals surface area contributed by atoms with Crippen molar-refractivity contribution >= 4 is 5.97 Å². The third-order valence-electron chi connectivity index (χ3n) is 2.96. The highest BCUT2D eigenvalue weighted by Crippen LogP contribution is 2.36. The molecule has 0 aliphatic carbocycles. The van der Waals surface area contributed by atoms with E-state index in [2.05, 4.69) is 9.84 Å². The van der Waals surface area contributed by atoms with Crippen LogP contribution < -0.4 is 5.56 Å². The summed E-state index contributed by atoms with van der Waals surface area (Å²) >= 11 is 0. The Morgan fingerprint density at radius 1 is 1.00 bits per heavy atom. The van der Waals surface area contributed by atoms with Gasteiger partial charge in [-0.1, -0.05) is 0 Å². The summed E-state index contributed by atoms with van der Waals surface area (Å²) in [6, 6.07) is 1.33. The van der Waals surface area contributed by atoms with Gasteiger partial charge in [-0.2, -0.15) is 26.3 Å². The number of carbonyl (C=O) groups excluding carboxylic acids is 1. The molecule has 0 bridgehead atoms. The molecule has 0 saturated carbocycles. The zero-order valence-electron chi connectivity index (χ0n) is 11.7. The fourth-order valence-corrected chi connectivity index (χ4v) is 1.87. The first-order valence-electron chi connectivity index (χ1n) is 6.13. The minimum absolute atomic E-state index is 0.0707. The van der Waals surface area contributed by atoms with Crippen LogP contribution in [0.1, 0.15) is 21.6 Å². The van der Waals surface area contributed by atoms with Gasteiger partial charge < -0.3 is 4.74 Å². The van der Waals surface area contributed by atoms with Crippen LogP contribution in [0.3, 0.4) is 0 Å². The van der Waals surface area contributed by atoms with E-state index < -0.39 is 46.4 Å². The number of hydrogen-bond donors (Lipinski definition) is 1. The molecule has 0 fully saturated rings. The Labute approximate surface area is 129 Å². The van der Waals surface area contributed by atoms with Crippen LogP contribution in [0.2, 0.25) is 0 Å². The van der Waals surface area contributed by atoms with Gasteiger partial charge >= 0.3 is 18.3 Å². The number of H-pyrrole nitrogens is 1. The van der Waals surface area contributed by atoms with Crippen molar-refractivity contribution in [1.29, 1.82) is 0 Å². The van der Waals surface area contributed by atoms with Crippen molar-refractivity contribution in [3.8, 4) is 5.69 Å². The van der Waals surface area contributed by atoms with Crippen LogP contribution in [0.4, 0.5) is 26.3 Å². The van der Waals surface area contributed by atoms with Gasteiger partial charge in [-0.15, -0.1) is 0 Å². The van der Waals surface area contributed by atoms with E-state index in [1.54, 1.807) is 0 Å². The fraction of sp³-hybridized carbons (Fsp3) is 0.231. The van der Waals surface area contributed by atoms with Crippen LogP contribution in [0.15, 0.2) is 29.1 Å². The number of aromatic amines is 1. The van der Waals surface area contributed by atoms with Crippen molar-refractivity contribution in [2.24, 2.45) is 0 Å². The van der Waals surface area contributed by atoms with E-state index in [9.17, 15) is 35.9 Å². The first kappa shape index (κ1) is 17.6. The zero-order chi connectivity index (χ0) is 18.3. The van der Waals surface area contributed by atoms with E-state index >= 15 is 0 Å². The van der Waals surface area contributed by atoms with Crippen molar-refractivity contribution in [2.75, 3.05) is 7.11 Å². The molecule has 0 amide bonds. The van der Waals surface area contributed by atoms with Gasteiger partial charge in [0.15, 0.2) is 0 Å². The molecule has 0 saturated heterocycles. The fourth-order valence-electron chi connectivity index (χ4n) is 1.87. The van der Waals surface area contributed by atoms with Crippen LogP contribution in [0.5, 0.6) is 0 Å². The molecule has 0 atom stereocenters. The van der Waals surface area contributed by atoms with Gasteiger partial charge in [0, 0.05) is 6.07 Å². The molecule has 11 heteroatoms. The molecule has 2 aromatic rings. The lowest BCUT2D eigenvalue weighted by Crippen LogP contribution is -2.17. The van der Waals surface area contributed by atoms with E-state index in [1.807, 2.05) is 0 Å². The van der Waals surface area contributed by atoms with Gasteiger partial charge in [0.1, 0.15) is 5.69 Å². The number of nitrogens with zero attached hydrogens (tertiary/aromatic N) is 1. The topological polar surface area (TPSA) is 64.1 Å². The molecule has 5 nitrogen and oxygen atoms in total. The van der Waals surface area contributed by atoms with Crippen LogP contribution in [-0.4, -0.2) is 22.9 Å². The number of benzene rings is 1. The highest BCUT2D eigenvalue weighted by molar-refractivity contribution is 5.86. The monoisotopic (exact) mass is 354 g/mol. The number of methoxy groups -OCH3 is 1. The lowest BCUT2D eigenvalue weighted by atomic mass is 10.1. The number of alkyl halides is 6. The average molecular weight is 354 g/mol. The van der Waals surface area contributed by atoms with E-state index in [4.69, 9.17) is 0 Å². The van der Waals surface area contributed by atoms with Crippen LogP contribution in [-0.2, 0) is 17.1 Å². The first-order chi connectivity index (χ1) is 10.9. The SMILES string of the molecule is COC(=O)c1cc(=O)n(-c2cc(C(F)(F)F)cc(C(F)(F)F)c2)[nH]1. The van der Waals surface area contributed by atoms with Gasteiger partial charge in [-0.3, -0.25) is 9.89 Å². The van der Waals surface area contributed by atoms with E-state index in [0.29, 0.717) is 22.9 Å². The second kappa shape index (κ2) is 5.73. The Hall–Kier alpha value is -2.72. The lowest BCUT2D eigenvalue weighted by Gasteiger charge is -2.14. The van der Waals surface area contributed by atoms with Gasteiger partial charge in [0.25, 0.3) is 5.56 Å². The molecule has 0 spiro atoms. The van der Waals surface area contributed by atoms with Crippen LogP contribution >= 0.6 is 0 Å². The summed E-state index contributed by atoms with van der Waals surface area (Å²) in [6.45, 7) is 0.